The zero-order valence-corrected chi connectivity index (χ0v) is 25.3. The van der Waals surface area contributed by atoms with Gasteiger partial charge >= 0.3 is 6.09 Å². The highest BCUT2D eigenvalue weighted by atomic mass is 16.6. The van der Waals surface area contributed by atoms with Crippen molar-refractivity contribution in [2.75, 3.05) is 6.54 Å². The number of carbonyl (C=O) groups excluding carboxylic acids is 3. The lowest BCUT2D eigenvalue weighted by Gasteiger charge is -2.36. The third kappa shape index (κ3) is 10.5. The highest BCUT2D eigenvalue weighted by Gasteiger charge is 2.37. The van der Waals surface area contributed by atoms with Crippen LogP contribution in [0.15, 0.2) is 48.5 Å². The van der Waals surface area contributed by atoms with Crippen LogP contribution in [0.25, 0.3) is 0 Å². The van der Waals surface area contributed by atoms with Gasteiger partial charge in [0, 0.05) is 18.5 Å². The van der Waals surface area contributed by atoms with Crippen LogP contribution in [0.5, 0.6) is 5.75 Å². The number of benzene rings is 2. The topological polar surface area (TPSA) is 108 Å². The Balaban J connectivity index is 2.57. The molecule has 0 aromatic heterocycles. The number of ether oxygens (including phenoxy) is 1. The molecule has 0 aliphatic carbocycles. The summed E-state index contributed by atoms with van der Waals surface area (Å²) in [6, 6.07) is 12.3. The molecule has 0 fully saturated rings. The van der Waals surface area contributed by atoms with Gasteiger partial charge in [-0.1, -0.05) is 56.7 Å². The number of nitrogens with zero attached hydrogens (tertiary/aromatic N) is 1. The fourth-order valence-electron chi connectivity index (χ4n) is 4.26. The van der Waals surface area contributed by atoms with Crippen molar-refractivity contribution in [1.82, 2.24) is 15.5 Å². The molecule has 3 N–H and O–H groups in total. The van der Waals surface area contributed by atoms with Crippen molar-refractivity contribution in [3.63, 3.8) is 0 Å². The number of alkyl carbamates (subject to hydrolysis) is 1. The van der Waals surface area contributed by atoms with Crippen LogP contribution in [0.1, 0.15) is 91.0 Å². The molecule has 2 aromatic carbocycles. The molecule has 0 radical (unpaired) electrons. The van der Waals surface area contributed by atoms with E-state index in [1.54, 1.807) is 37.8 Å². The number of amides is 3. The maximum Gasteiger partial charge on any atom is 0.408 e. The van der Waals surface area contributed by atoms with E-state index in [1.165, 1.54) is 12.1 Å². The van der Waals surface area contributed by atoms with Crippen LogP contribution in [-0.2, 0) is 27.2 Å². The van der Waals surface area contributed by atoms with Gasteiger partial charge in [-0.05, 0) is 83.2 Å². The molecular weight excluding hydrogens is 506 g/mol. The van der Waals surface area contributed by atoms with Crippen molar-refractivity contribution >= 4 is 17.9 Å². The number of rotatable bonds is 11. The average molecular weight is 554 g/mol. The van der Waals surface area contributed by atoms with E-state index in [0.717, 1.165) is 24.0 Å². The van der Waals surface area contributed by atoms with Crippen LogP contribution in [0.4, 0.5) is 4.79 Å². The van der Waals surface area contributed by atoms with Gasteiger partial charge in [-0.15, -0.1) is 0 Å². The lowest BCUT2D eigenvalue weighted by atomic mass is 9.97. The molecule has 0 spiro atoms. The number of hydrogen-bond acceptors (Lipinski definition) is 5. The van der Waals surface area contributed by atoms with E-state index in [2.05, 4.69) is 17.6 Å². The first kappa shape index (κ1) is 32.7. The summed E-state index contributed by atoms with van der Waals surface area (Å²) in [5.74, 6) is -0.575. The maximum absolute atomic E-state index is 14.4. The van der Waals surface area contributed by atoms with E-state index in [9.17, 15) is 19.5 Å². The molecule has 2 aromatic rings. The number of nitrogens with one attached hydrogen (secondary N) is 2. The molecule has 0 saturated heterocycles. The SMILES string of the molecule is CCCCN(C(=O)C(Cc1ccc(O)cc1)NC(=O)OC(C)(C)C)C(C(=O)NC(C)(C)C)c1ccc(CC)cc1. The molecule has 0 aliphatic rings. The van der Waals surface area contributed by atoms with Gasteiger partial charge in [0.2, 0.25) is 11.8 Å². The summed E-state index contributed by atoms with van der Waals surface area (Å²) in [4.78, 5) is 42.6. The molecule has 0 saturated carbocycles. The van der Waals surface area contributed by atoms with E-state index >= 15 is 0 Å². The molecule has 0 bridgehead atoms. The van der Waals surface area contributed by atoms with Gasteiger partial charge in [0.05, 0.1) is 0 Å². The van der Waals surface area contributed by atoms with Crippen LogP contribution in [0.3, 0.4) is 0 Å². The number of carbonyl (C=O) groups is 3. The third-order valence-corrected chi connectivity index (χ3v) is 6.16. The van der Waals surface area contributed by atoms with Crippen LogP contribution < -0.4 is 10.6 Å². The van der Waals surface area contributed by atoms with E-state index in [4.69, 9.17) is 4.74 Å². The number of aromatic hydroxyl groups is 1. The van der Waals surface area contributed by atoms with E-state index < -0.39 is 29.3 Å². The van der Waals surface area contributed by atoms with Crippen LogP contribution in [0, 0.1) is 0 Å². The molecule has 220 valence electrons. The van der Waals surface area contributed by atoms with Crippen LogP contribution in [-0.4, -0.2) is 51.6 Å². The summed E-state index contributed by atoms with van der Waals surface area (Å²) < 4.78 is 5.48. The minimum Gasteiger partial charge on any atom is -0.508 e. The monoisotopic (exact) mass is 553 g/mol. The molecule has 2 rings (SSSR count). The first-order valence-electron chi connectivity index (χ1n) is 14.1. The molecule has 0 aliphatic heterocycles. The van der Waals surface area contributed by atoms with Gasteiger partial charge in [0.1, 0.15) is 23.4 Å². The molecule has 3 amide bonds. The molecule has 2 unspecified atom stereocenters. The standard InChI is InChI=1S/C32H47N3O5/c1-9-11-20-35(27(28(37)34-31(3,4)5)24-16-12-22(10-2)13-17-24)29(38)26(33-30(39)40-32(6,7)8)21-23-14-18-25(36)19-15-23/h12-19,26-27,36H,9-11,20-21H2,1-8H3,(H,33,39)(H,34,37). The molecule has 40 heavy (non-hydrogen) atoms. The second-order valence-electron chi connectivity index (χ2n) is 12.2. The Morgan fingerprint density at radius 1 is 0.900 bits per heavy atom. The lowest BCUT2D eigenvalue weighted by molar-refractivity contribution is -0.143. The maximum atomic E-state index is 14.4. The number of phenols is 1. The van der Waals surface area contributed by atoms with E-state index in [-0.39, 0.29) is 24.0 Å². The van der Waals surface area contributed by atoms with E-state index in [0.29, 0.717) is 18.5 Å². The average Bonchev–Trinajstić information content (AvgIpc) is 2.85. The zero-order chi connectivity index (χ0) is 30.1. The Hall–Kier alpha value is -3.55. The second-order valence-corrected chi connectivity index (χ2v) is 12.2. The van der Waals surface area contributed by atoms with Crippen LogP contribution in [0.2, 0.25) is 0 Å². The van der Waals surface area contributed by atoms with Gasteiger partial charge < -0.3 is 25.4 Å². The van der Waals surface area contributed by atoms with Crippen molar-refractivity contribution in [2.45, 2.75) is 104 Å². The number of unbranched alkanes of at least 4 members (excludes halogenated alkanes) is 1. The van der Waals surface area contributed by atoms with Gasteiger partial charge in [-0.2, -0.15) is 0 Å². The predicted octanol–water partition coefficient (Wildman–Crippen LogP) is 5.68. The minimum absolute atomic E-state index is 0.103. The second kappa shape index (κ2) is 14.2. The Morgan fingerprint density at radius 2 is 1.48 bits per heavy atom. The Morgan fingerprint density at radius 3 is 1.98 bits per heavy atom. The van der Waals surface area contributed by atoms with Crippen molar-refractivity contribution in [3.8, 4) is 5.75 Å². The molecule has 2 atom stereocenters. The van der Waals surface area contributed by atoms with Crippen molar-refractivity contribution < 1.29 is 24.2 Å². The predicted molar refractivity (Wildman–Crippen MR) is 158 cm³/mol. The van der Waals surface area contributed by atoms with Gasteiger partial charge in [-0.3, -0.25) is 9.59 Å². The smallest absolute Gasteiger partial charge is 0.408 e. The Bertz CT molecular complexity index is 1120. The molecule has 8 heteroatoms. The normalized spacial score (nSPS) is 13.2. The fraction of sp³-hybridized carbons (Fsp3) is 0.531. The fourth-order valence-corrected chi connectivity index (χ4v) is 4.26. The molecular formula is C32H47N3O5. The molecule has 0 heterocycles. The van der Waals surface area contributed by atoms with Crippen molar-refractivity contribution in [3.05, 3.63) is 65.2 Å². The largest absolute Gasteiger partial charge is 0.508 e. The highest BCUT2D eigenvalue weighted by Crippen LogP contribution is 2.26. The first-order chi connectivity index (χ1) is 18.6. The summed E-state index contributed by atoms with van der Waals surface area (Å²) >= 11 is 0. The van der Waals surface area contributed by atoms with Crippen molar-refractivity contribution in [2.24, 2.45) is 0 Å². The van der Waals surface area contributed by atoms with E-state index in [1.807, 2.05) is 52.0 Å². The van der Waals surface area contributed by atoms with Crippen molar-refractivity contribution in [1.29, 1.82) is 0 Å². The molecule has 8 nitrogen and oxygen atoms in total. The quantitative estimate of drug-likeness (QED) is 0.332. The van der Waals surface area contributed by atoms with Gasteiger partial charge in [-0.25, -0.2) is 4.79 Å². The van der Waals surface area contributed by atoms with Gasteiger partial charge in [0.15, 0.2) is 0 Å². The summed E-state index contributed by atoms with van der Waals surface area (Å²) in [7, 11) is 0. The third-order valence-electron chi connectivity index (χ3n) is 6.16. The van der Waals surface area contributed by atoms with Crippen LogP contribution >= 0.6 is 0 Å². The zero-order valence-electron chi connectivity index (χ0n) is 25.3. The number of aryl methyl sites for hydroxylation is 1. The highest BCUT2D eigenvalue weighted by molar-refractivity contribution is 5.92. The summed E-state index contributed by atoms with van der Waals surface area (Å²) in [6.45, 7) is 15.4. The summed E-state index contributed by atoms with van der Waals surface area (Å²) in [5.41, 5.74) is 1.30. The summed E-state index contributed by atoms with van der Waals surface area (Å²) in [6.07, 6.45) is 1.78. The summed E-state index contributed by atoms with van der Waals surface area (Å²) in [5, 5.41) is 15.5. The van der Waals surface area contributed by atoms with Gasteiger partial charge in [0.25, 0.3) is 0 Å². The first-order valence-corrected chi connectivity index (χ1v) is 14.1. The number of hydrogen-bond donors (Lipinski definition) is 3. The minimum atomic E-state index is -1.00. The Labute approximate surface area is 239 Å². The number of phenolic OH excluding ortho intramolecular Hbond substituents is 1. The Kier molecular flexibility index (Phi) is 11.6. The lowest BCUT2D eigenvalue weighted by Crippen LogP contribution is -2.55.